The molecule has 1 aromatic carbocycles. The van der Waals surface area contributed by atoms with Crippen molar-refractivity contribution >= 4 is 5.97 Å². The summed E-state index contributed by atoms with van der Waals surface area (Å²) in [6.07, 6.45) is 0.465. The Morgan fingerprint density at radius 3 is 2.55 bits per heavy atom. The lowest BCUT2D eigenvalue weighted by Gasteiger charge is -2.17. The molecule has 0 aliphatic rings. The molecule has 0 spiro atoms. The van der Waals surface area contributed by atoms with Gasteiger partial charge in [0.05, 0.1) is 0 Å². The highest BCUT2D eigenvalue weighted by Crippen LogP contribution is 2.20. The van der Waals surface area contributed by atoms with E-state index in [1.807, 2.05) is 13.8 Å². The Hall–Kier alpha value is -1.69. The molecular formula is C14H19F2NO3. The molecule has 1 unspecified atom stereocenters. The summed E-state index contributed by atoms with van der Waals surface area (Å²) < 4.78 is 28.9. The SMILES string of the molecule is CC(C)CC(NCc1ccccc1OC(F)F)C(=O)O. The number of halogens is 2. The maximum atomic E-state index is 12.3. The summed E-state index contributed by atoms with van der Waals surface area (Å²) in [7, 11) is 0. The van der Waals surface area contributed by atoms with Crippen molar-refractivity contribution in [3.63, 3.8) is 0 Å². The number of aliphatic carboxylic acids is 1. The molecule has 20 heavy (non-hydrogen) atoms. The summed E-state index contributed by atoms with van der Waals surface area (Å²) in [4.78, 5) is 11.1. The third-order valence-electron chi connectivity index (χ3n) is 2.73. The first-order valence-corrected chi connectivity index (χ1v) is 6.39. The van der Waals surface area contributed by atoms with E-state index in [1.165, 1.54) is 6.07 Å². The second-order valence-corrected chi connectivity index (χ2v) is 4.89. The van der Waals surface area contributed by atoms with E-state index in [9.17, 15) is 13.6 Å². The van der Waals surface area contributed by atoms with Crippen LogP contribution in [0.2, 0.25) is 0 Å². The molecule has 0 aliphatic heterocycles. The predicted molar refractivity (Wildman–Crippen MR) is 70.8 cm³/mol. The van der Waals surface area contributed by atoms with Crippen molar-refractivity contribution in [2.24, 2.45) is 5.92 Å². The molecule has 4 nitrogen and oxygen atoms in total. The number of carboxylic acids is 1. The Kier molecular flexibility index (Phi) is 6.38. The molecule has 0 saturated heterocycles. The van der Waals surface area contributed by atoms with Crippen LogP contribution in [-0.4, -0.2) is 23.7 Å². The van der Waals surface area contributed by atoms with Gasteiger partial charge in [-0.25, -0.2) is 0 Å². The van der Waals surface area contributed by atoms with E-state index in [2.05, 4.69) is 10.1 Å². The Balaban J connectivity index is 2.70. The van der Waals surface area contributed by atoms with Crippen molar-refractivity contribution < 1.29 is 23.4 Å². The fourth-order valence-electron chi connectivity index (χ4n) is 1.84. The number of alkyl halides is 2. The standard InChI is InChI=1S/C14H19F2NO3/c1-9(2)7-11(13(18)19)17-8-10-5-3-4-6-12(10)20-14(15)16/h3-6,9,11,14,17H,7-8H2,1-2H3,(H,18,19). The lowest BCUT2D eigenvalue weighted by Crippen LogP contribution is -2.37. The van der Waals surface area contributed by atoms with Crippen LogP contribution in [0, 0.1) is 5.92 Å². The number of ether oxygens (including phenoxy) is 1. The number of para-hydroxylation sites is 1. The van der Waals surface area contributed by atoms with Gasteiger partial charge in [0, 0.05) is 12.1 Å². The third kappa shape index (κ3) is 5.52. The van der Waals surface area contributed by atoms with E-state index >= 15 is 0 Å². The molecule has 2 N–H and O–H groups in total. The first kappa shape index (κ1) is 16.4. The van der Waals surface area contributed by atoms with Gasteiger partial charge in [0.1, 0.15) is 11.8 Å². The molecule has 0 fully saturated rings. The van der Waals surface area contributed by atoms with Crippen LogP contribution in [0.3, 0.4) is 0 Å². The second-order valence-electron chi connectivity index (χ2n) is 4.89. The van der Waals surface area contributed by atoms with Gasteiger partial charge in [0.25, 0.3) is 0 Å². The zero-order valence-electron chi connectivity index (χ0n) is 11.5. The topological polar surface area (TPSA) is 58.6 Å². The summed E-state index contributed by atoms with van der Waals surface area (Å²) >= 11 is 0. The quantitative estimate of drug-likeness (QED) is 0.772. The summed E-state index contributed by atoms with van der Waals surface area (Å²) in [5.74, 6) is -0.675. The van der Waals surface area contributed by atoms with Crippen molar-refractivity contribution in [3.8, 4) is 5.75 Å². The number of carboxylic acid groups (broad SMARTS) is 1. The van der Waals surface area contributed by atoms with Crippen LogP contribution in [0.4, 0.5) is 8.78 Å². The number of hydrogen-bond donors (Lipinski definition) is 2. The summed E-state index contributed by atoms with van der Waals surface area (Å²) in [5, 5.41) is 12.0. The monoisotopic (exact) mass is 287 g/mol. The molecule has 0 heterocycles. The summed E-state index contributed by atoms with van der Waals surface area (Å²) in [5.41, 5.74) is 0.503. The predicted octanol–water partition coefficient (Wildman–Crippen LogP) is 2.88. The van der Waals surface area contributed by atoms with Crippen molar-refractivity contribution in [1.29, 1.82) is 0 Å². The number of nitrogens with one attached hydrogen (secondary N) is 1. The smallest absolute Gasteiger partial charge is 0.387 e. The molecule has 0 aliphatic carbocycles. The van der Waals surface area contributed by atoms with Crippen LogP contribution in [0.1, 0.15) is 25.8 Å². The van der Waals surface area contributed by atoms with Crippen molar-refractivity contribution in [1.82, 2.24) is 5.32 Å². The second kappa shape index (κ2) is 7.79. The zero-order valence-corrected chi connectivity index (χ0v) is 11.5. The van der Waals surface area contributed by atoms with E-state index in [0.717, 1.165) is 0 Å². The minimum atomic E-state index is -2.90. The molecular weight excluding hydrogens is 268 g/mol. The maximum Gasteiger partial charge on any atom is 0.387 e. The van der Waals surface area contributed by atoms with E-state index < -0.39 is 18.6 Å². The van der Waals surface area contributed by atoms with Crippen LogP contribution in [0.25, 0.3) is 0 Å². The average molecular weight is 287 g/mol. The molecule has 1 rings (SSSR count). The van der Waals surface area contributed by atoms with Crippen LogP contribution in [-0.2, 0) is 11.3 Å². The van der Waals surface area contributed by atoms with E-state index in [4.69, 9.17) is 5.11 Å². The fraction of sp³-hybridized carbons (Fsp3) is 0.500. The van der Waals surface area contributed by atoms with Crippen LogP contribution in [0.15, 0.2) is 24.3 Å². The molecule has 0 radical (unpaired) electrons. The Bertz CT molecular complexity index is 438. The van der Waals surface area contributed by atoms with Gasteiger partial charge in [-0.15, -0.1) is 0 Å². The van der Waals surface area contributed by atoms with Crippen LogP contribution < -0.4 is 10.1 Å². The number of rotatable bonds is 8. The van der Waals surface area contributed by atoms with Crippen molar-refractivity contribution in [3.05, 3.63) is 29.8 Å². The average Bonchev–Trinajstić information content (AvgIpc) is 2.34. The summed E-state index contributed by atoms with van der Waals surface area (Å²) in [6.45, 7) is 1.10. The van der Waals surface area contributed by atoms with Gasteiger partial charge in [-0.2, -0.15) is 8.78 Å². The molecule has 0 aromatic heterocycles. The molecule has 1 atom stereocenters. The highest BCUT2D eigenvalue weighted by atomic mass is 19.3. The Morgan fingerprint density at radius 2 is 2.00 bits per heavy atom. The van der Waals surface area contributed by atoms with Crippen molar-refractivity contribution in [2.45, 2.75) is 39.5 Å². The van der Waals surface area contributed by atoms with Gasteiger partial charge >= 0.3 is 12.6 Å². The first-order chi connectivity index (χ1) is 9.40. The molecule has 0 amide bonds. The van der Waals surface area contributed by atoms with Gasteiger partial charge in [-0.05, 0) is 18.4 Å². The normalized spacial score (nSPS) is 12.7. The number of carbonyl (C=O) groups is 1. The van der Waals surface area contributed by atoms with Gasteiger partial charge in [-0.3, -0.25) is 4.79 Å². The van der Waals surface area contributed by atoms with E-state index in [0.29, 0.717) is 12.0 Å². The van der Waals surface area contributed by atoms with Gasteiger partial charge in [0.15, 0.2) is 0 Å². The Labute approximate surface area is 116 Å². The highest BCUT2D eigenvalue weighted by Gasteiger charge is 2.19. The van der Waals surface area contributed by atoms with Crippen LogP contribution >= 0.6 is 0 Å². The largest absolute Gasteiger partial charge is 0.480 e. The number of hydrogen-bond acceptors (Lipinski definition) is 3. The molecule has 6 heteroatoms. The molecule has 1 aromatic rings. The highest BCUT2D eigenvalue weighted by molar-refractivity contribution is 5.73. The van der Waals surface area contributed by atoms with E-state index in [-0.39, 0.29) is 18.2 Å². The van der Waals surface area contributed by atoms with E-state index in [1.54, 1.807) is 18.2 Å². The minimum Gasteiger partial charge on any atom is -0.480 e. The maximum absolute atomic E-state index is 12.3. The van der Waals surface area contributed by atoms with Crippen molar-refractivity contribution in [2.75, 3.05) is 0 Å². The van der Waals surface area contributed by atoms with Gasteiger partial charge in [0.2, 0.25) is 0 Å². The van der Waals surface area contributed by atoms with Crippen LogP contribution in [0.5, 0.6) is 5.75 Å². The lowest BCUT2D eigenvalue weighted by atomic mass is 10.0. The molecule has 0 bridgehead atoms. The zero-order chi connectivity index (χ0) is 15.1. The van der Waals surface area contributed by atoms with Gasteiger partial charge < -0.3 is 15.2 Å². The van der Waals surface area contributed by atoms with Gasteiger partial charge in [-0.1, -0.05) is 32.0 Å². The molecule has 112 valence electrons. The molecule has 0 saturated carbocycles. The fourth-order valence-corrected chi connectivity index (χ4v) is 1.84. The summed E-state index contributed by atoms with van der Waals surface area (Å²) in [6, 6.07) is 5.62. The minimum absolute atomic E-state index is 0.0590. The Morgan fingerprint density at radius 1 is 1.35 bits per heavy atom. The first-order valence-electron chi connectivity index (χ1n) is 6.39. The third-order valence-corrected chi connectivity index (χ3v) is 2.73. The number of benzene rings is 1. The lowest BCUT2D eigenvalue weighted by molar-refractivity contribution is -0.140.